The third-order valence-corrected chi connectivity index (χ3v) is 7.03. The number of aromatic nitrogens is 1. The van der Waals surface area contributed by atoms with Gasteiger partial charge >= 0.3 is 0 Å². The lowest BCUT2D eigenvalue weighted by Crippen LogP contribution is -2.49. The van der Waals surface area contributed by atoms with Crippen LogP contribution in [0.3, 0.4) is 0 Å². The Kier molecular flexibility index (Phi) is 4.04. The second kappa shape index (κ2) is 6.00. The fraction of sp³-hybridized carbons (Fsp3) is 0.409. The van der Waals surface area contributed by atoms with E-state index < -0.39 is 0 Å². The summed E-state index contributed by atoms with van der Waals surface area (Å²) in [5, 5.41) is 7.26. The Bertz CT molecular complexity index is 875. The van der Waals surface area contributed by atoms with Crippen molar-refractivity contribution in [2.45, 2.75) is 45.6 Å². The standard InChI is InChI=1S/C22H27N2S/c1-15-16-8-5-6-9-18(16)24-20(15)22(23-4)12-11-17(21(2,3)14-22)19-10-7-13-25-19/h5-10,13,23-24H,11-12,14H2,1-4H3. The van der Waals surface area contributed by atoms with E-state index in [1.807, 2.05) is 11.3 Å². The zero-order valence-electron chi connectivity index (χ0n) is 15.6. The van der Waals surface area contributed by atoms with Gasteiger partial charge in [0, 0.05) is 27.4 Å². The molecule has 0 saturated heterocycles. The van der Waals surface area contributed by atoms with Crippen LogP contribution in [0.5, 0.6) is 0 Å². The average molecular weight is 352 g/mol. The number of thiophene rings is 1. The molecule has 0 amide bonds. The Morgan fingerprint density at radius 2 is 1.92 bits per heavy atom. The van der Waals surface area contributed by atoms with E-state index in [0.717, 1.165) is 19.3 Å². The molecule has 1 aliphatic rings. The van der Waals surface area contributed by atoms with Crippen LogP contribution in [0.25, 0.3) is 10.9 Å². The molecular weight excluding hydrogens is 324 g/mol. The van der Waals surface area contributed by atoms with Gasteiger partial charge in [0.1, 0.15) is 0 Å². The molecule has 1 aliphatic carbocycles. The minimum Gasteiger partial charge on any atom is -0.357 e. The first-order chi connectivity index (χ1) is 12.0. The predicted octanol–water partition coefficient (Wildman–Crippen LogP) is 5.79. The number of hydrogen-bond acceptors (Lipinski definition) is 2. The maximum Gasteiger partial charge on any atom is 0.0592 e. The van der Waals surface area contributed by atoms with Gasteiger partial charge in [-0.2, -0.15) is 0 Å². The van der Waals surface area contributed by atoms with Gasteiger partial charge in [-0.3, -0.25) is 0 Å². The number of aryl methyl sites for hydroxylation is 1. The zero-order chi connectivity index (χ0) is 17.7. The van der Waals surface area contributed by atoms with Crippen LogP contribution in [0.1, 0.15) is 49.2 Å². The second-order valence-electron chi connectivity index (χ2n) is 8.02. The van der Waals surface area contributed by atoms with Gasteiger partial charge in [0.05, 0.1) is 5.54 Å². The summed E-state index contributed by atoms with van der Waals surface area (Å²) >= 11 is 1.88. The van der Waals surface area contributed by atoms with Gasteiger partial charge < -0.3 is 10.3 Å². The molecule has 0 spiro atoms. The third-order valence-electron chi connectivity index (χ3n) is 6.10. The highest BCUT2D eigenvalue weighted by Gasteiger charge is 2.47. The SMILES string of the molecule is CNC1(c2[nH]c3ccccc3c2C)CC[C](c2cccs2)C(C)(C)C1. The van der Waals surface area contributed by atoms with Crippen molar-refractivity contribution in [3.63, 3.8) is 0 Å². The minimum absolute atomic E-state index is 0.00730. The van der Waals surface area contributed by atoms with E-state index in [-0.39, 0.29) is 11.0 Å². The van der Waals surface area contributed by atoms with E-state index in [0.29, 0.717) is 0 Å². The van der Waals surface area contributed by atoms with Gasteiger partial charge in [-0.05, 0) is 61.7 Å². The molecule has 131 valence electrons. The number of aromatic amines is 1. The summed E-state index contributed by atoms with van der Waals surface area (Å²) in [7, 11) is 2.12. The van der Waals surface area contributed by atoms with E-state index in [4.69, 9.17) is 0 Å². The van der Waals surface area contributed by atoms with Gasteiger partial charge in [-0.25, -0.2) is 0 Å². The van der Waals surface area contributed by atoms with Crippen LogP contribution >= 0.6 is 11.3 Å². The molecule has 2 N–H and O–H groups in total. The van der Waals surface area contributed by atoms with Crippen molar-refractivity contribution in [1.29, 1.82) is 0 Å². The van der Waals surface area contributed by atoms with E-state index in [2.05, 4.69) is 79.9 Å². The monoisotopic (exact) mass is 351 g/mol. The fourth-order valence-corrected chi connectivity index (χ4v) is 5.83. The first-order valence-electron chi connectivity index (χ1n) is 9.14. The molecule has 1 aromatic carbocycles. The van der Waals surface area contributed by atoms with Gasteiger partial charge in [0.25, 0.3) is 0 Å². The lowest BCUT2D eigenvalue weighted by molar-refractivity contribution is 0.152. The molecule has 0 aliphatic heterocycles. The van der Waals surface area contributed by atoms with Gasteiger partial charge in [0.15, 0.2) is 0 Å². The summed E-state index contributed by atoms with van der Waals surface area (Å²) in [5.74, 6) is 1.61. The lowest BCUT2D eigenvalue weighted by atomic mass is 9.60. The van der Waals surface area contributed by atoms with E-state index in [1.54, 1.807) is 5.92 Å². The van der Waals surface area contributed by atoms with Crippen LogP contribution in [0, 0.1) is 18.3 Å². The van der Waals surface area contributed by atoms with Gasteiger partial charge in [-0.15, -0.1) is 11.3 Å². The van der Waals surface area contributed by atoms with Crippen LogP contribution in [-0.4, -0.2) is 12.0 Å². The first kappa shape index (κ1) is 16.9. The molecule has 1 atom stereocenters. The number of rotatable bonds is 3. The highest BCUT2D eigenvalue weighted by molar-refractivity contribution is 7.10. The zero-order valence-corrected chi connectivity index (χ0v) is 16.4. The van der Waals surface area contributed by atoms with Crippen LogP contribution in [-0.2, 0) is 5.54 Å². The van der Waals surface area contributed by atoms with Crippen LogP contribution in [0.4, 0.5) is 0 Å². The highest BCUT2D eigenvalue weighted by Crippen LogP contribution is 2.54. The Balaban J connectivity index is 1.76. The summed E-state index contributed by atoms with van der Waals surface area (Å²) < 4.78 is 0. The van der Waals surface area contributed by atoms with E-state index >= 15 is 0 Å². The van der Waals surface area contributed by atoms with Crippen molar-refractivity contribution in [2.24, 2.45) is 5.41 Å². The molecule has 25 heavy (non-hydrogen) atoms. The Morgan fingerprint density at radius 1 is 1.12 bits per heavy atom. The molecule has 0 bridgehead atoms. The molecule has 3 heteroatoms. The predicted molar refractivity (Wildman–Crippen MR) is 108 cm³/mol. The molecule has 1 saturated carbocycles. The molecule has 3 aromatic rings. The van der Waals surface area contributed by atoms with E-state index in [9.17, 15) is 0 Å². The number of H-pyrrole nitrogens is 1. The van der Waals surface area contributed by atoms with E-state index in [1.165, 1.54) is 27.0 Å². The summed E-state index contributed by atoms with van der Waals surface area (Å²) in [4.78, 5) is 5.20. The lowest BCUT2D eigenvalue weighted by Gasteiger charge is -2.49. The van der Waals surface area contributed by atoms with Gasteiger partial charge in [-0.1, -0.05) is 38.1 Å². The quantitative estimate of drug-likeness (QED) is 0.614. The number of hydrogen-bond donors (Lipinski definition) is 2. The van der Waals surface area contributed by atoms with Crippen molar-refractivity contribution >= 4 is 22.2 Å². The summed E-state index contributed by atoms with van der Waals surface area (Å²) in [6, 6.07) is 13.1. The second-order valence-corrected chi connectivity index (χ2v) is 8.97. The number of nitrogens with one attached hydrogen (secondary N) is 2. The summed E-state index contributed by atoms with van der Waals surface area (Å²) in [6.45, 7) is 7.08. The molecule has 2 aromatic heterocycles. The summed E-state index contributed by atoms with van der Waals surface area (Å²) in [6.07, 6.45) is 3.38. The van der Waals surface area contributed by atoms with Crippen molar-refractivity contribution in [1.82, 2.24) is 10.3 Å². The smallest absolute Gasteiger partial charge is 0.0592 e. The Morgan fingerprint density at radius 3 is 2.56 bits per heavy atom. The molecular formula is C22H27N2S. The third kappa shape index (κ3) is 2.65. The van der Waals surface area contributed by atoms with Crippen LogP contribution < -0.4 is 5.32 Å². The largest absolute Gasteiger partial charge is 0.357 e. The molecule has 1 fully saturated rings. The van der Waals surface area contributed by atoms with Crippen LogP contribution in [0.15, 0.2) is 41.8 Å². The summed E-state index contributed by atoms with van der Waals surface area (Å²) in [5.41, 5.74) is 4.19. The van der Waals surface area contributed by atoms with Crippen LogP contribution in [0.2, 0.25) is 0 Å². The number of para-hydroxylation sites is 1. The maximum atomic E-state index is 3.74. The Labute approximate surface area is 154 Å². The van der Waals surface area contributed by atoms with Crippen molar-refractivity contribution < 1.29 is 0 Å². The van der Waals surface area contributed by atoms with Crippen molar-refractivity contribution in [3.05, 3.63) is 63.8 Å². The molecule has 2 heterocycles. The normalized spacial score (nSPS) is 24.0. The molecule has 4 rings (SSSR count). The fourth-order valence-electron chi connectivity index (χ4n) is 4.85. The number of benzene rings is 1. The maximum absolute atomic E-state index is 3.74. The van der Waals surface area contributed by atoms with Gasteiger partial charge in [0.2, 0.25) is 0 Å². The average Bonchev–Trinajstić information content (AvgIpc) is 3.23. The topological polar surface area (TPSA) is 27.8 Å². The molecule has 1 unspecified atom stereocenters. The minimum atomic E-state index is 0.00730. The molecule has 1 radical (unpaired) electrons. The Hall–Kier alpha value is -1.58. The van der Waals surface area contributed by atoms with Crippen molar-refractivity contribution in [3.8, 4) is 0 Å². The first-order valence-corrected chi connectivity index (χ1v) is 10.0. The highest BCUT2D eigenvalue weighted by atomic mass is 32.1. The molecule has 2 nitrogen and oxygen atoms in total. The van der Waals surface area contributed by atoms with Crippen molar-refractivity contribution in [2.75, 3.05) is 7.05 Å². The number of fused-ring (bicyclic) bond motifs is 1.